The van der Waals surface area contributed by atoms with Crippen molar-refractivity contribution in [3.63, 3.8) is 0 Å². The summed E-state index contributed by atoms with van der Waals surface area (Å²) in [6.45, 7) is 3.90. The number of ether oxygens (including phenoxy) is 1. The van der Waals surface area contributed by atoms with Crippen LogP contribution in [0.4, 0.5) is 13.2 Å². The predicted molar refractivity (Wildman–Crippen MR) is 76.4 cm³/mol. The summed E-state index contributed by atoms with van der Waals surface area (Å²) in [5, 5.41) is 11.6. The molecule has 0 unspecified atom stereocenters. The minimum atomic E-state index is -4.67. The molecule has 6 nitrogen and oxygen atoms in total. The molecule has 0 radical (unpaired) electrons. The van der Waals surface area contributed by atoms with Crippen LogP contribution >= 0.6 is 0 Å². The van der Waals surface area contributed by atoms with Gasteiger partial charge in [-0.2, -0.15) is 0 Å². The molecule has 2 rings (SSSR count). The van der Waals surface area contributed by atoms with Gasteiger partial charge in [0.25, 0.3) is 0 Å². The van der Waals surface area contributed by atoms with Crippen LogP contribution in [-0.2, 0) is 19.6 Å². The average molecular weight is 329 g/mol. The number of nitrogens with zero attached hydrogens (tertiary/aromatic N) is 5. The quantitative estimate of drug-likeness (QED) is 0.781. The second kappa shape index (κ2) is 7.40. The molecule has 0 aliphatic carbocycles. The van der Waals surface area contributed by atoms with Crippen molar-refractivity contribution in [2.75, 3.05) is 7.05 Å². The van der Waals surface area contributed by atoms with E-state index in [2.05, 4.69) is 20.3 Å². The number of tetrazole rings is 1. The summed E-state index contributed by atoms with van der Waals surface area (Å²) in [4.78, 5) is 1.98. The Kier molecular flexibility index (Phi) is 5.54. The van der Waals surface area contributed by atoms with Gasteiger partial charge >= 0.3 is 6.36 Å². The lowest BCUT2D eigenvalue weighted by atomic mass is 10.2. The van der Waals surface area contributed by atoms with E-state index in [0.29, 0.717) is 13.1 Å². The zero-order valence-electron chi connectivity index (χ0n) is 12.9. The fraction of sp³-hybridized carbons (Fsp3) is 0.500. The van der Waals surface area contributed by atoms with E-state index in [1.165, 1.54) is 12.1 Å². The van der Waals surface area contributed by atoms with Gasteiger partial charge in [-0.1, -0.05) is 19.1 Å². The third kappa shape index (κ3) is 5.51. The number of hydrogen-bond acceptors (Lipinski definition) is 5. The highest BCUT2D eigenvalue weighted by Gasteiger charge is 2.30. The number of aromatic nitrogens is 4. The second-order valence-corrected chi connectivity index (χ2v) is 5.18. The zero-order valence-corrected chi connectivity index (χ0v) is 12.9. The first-order chi connectivity index (χ1) is 10.9. The molecule has 2 aromatic rings. The molecule has 1 heterocycles. The first-order valence-corrected chi connectivity index (χ1v) is 7.15. The number of rotatable bonds is 7. The van der Waals surface area contributed by atoms with Crippen LogP contribution in [-0.4, -0.2) is 38.5 Å². The lowest BCUT2D eigenvalue weighted by Crippen LogP contribution is -2.21. The molecule has 23 heavy (non-hydrogen) atoms. The van der Waals surface area contributed by atoms with Crippen LogP contribution in [0.5, 0.6) is 5.75 Å². The van der Waals surface area contributed by atoms with E-state index in [1.54, 1.807) is 16.8 Å². The summed E-state index contributed by atoms with van der Waals surface area (Å²) in [5.74, 6) is 0.530. The van der Waals surface area contributed by atoms with Crippen LogP contribution < -0.4 is 4.74 Å². The number of alkyl halides is 3. The Labute approximate surface area is 131 Å². The lowest BCUT2D eigenvalue weighted by Gasteiger charge is -2.16. The Hall–Kier alpha value is -2.16. The van der Waals surface area contributed by atoms with E-state index >= 15 is 0 Å². The van der Waals surface area contributed by atoms with Crippen molar-refractivity contribution >= 4 is 0 Å². The van der Waals surface area contributed by atoms with Crippen molar-refractivity contribution in [3.8, 4) is 5.75 Å². The van der Waals surface area contributed by atoms with Crippen molar-refractivity contribution < 1.29 is 17.9 Å². The minimum absolute atomic E-state index is 0.226. The van der Waals surface area contributed by atoms with Crippen LogP contribution in [0.2, 0.25) is 0 Å². The molecule has 0 amide bonds. The molecule has 1 aromatic carbocycles. The van der Waals surface area contributed by atoms with Crippen molar-refractivity contribution in [2.24, 2.45) is 0 Å². The summed E-state index contributed by atoms with van der Waals surface area (Å²) in [7, 11) is 1.89. The summed E-state index contributed by atoms with van der Waals surface area (Å²) in [5.41, 5.74) is 0.872. The summed E-state index contributed by atoms with van der Waals surface area (Å²) >= 11 is 0. The molecule has 0 bridgehead atoms. The van der Waals surface area contributed by atoms with Crippen molar-refractivity contribution in [1.82, 2.24) is 25.1 Å². The molecule has 0 saturated carbocycles. The highest BCUT2D eigenvalue weighted by molar-refractivity contribution is 5.27. The molecule has 0 fully saturated rings. The number of aryl methyl sites for hydroxylation is 1. The van der Waals surface area contributed by atoms with Crippen LogP contribution in [0.15, 0.2) is 24.3 Å². The van der Waals surface area contributed by atoms with E-state index in [-0.39, 0.29) is 5.75 Å². The monoisotopic (exact) mass is 329 g/mol. The third-order valence-electron chi connectivity index (χ3n) is 3.06. The number of hydrogen-bond donors (Lipinski definition) is 0. The lowest BCUT2D eigenvalue weighted by molar-refractivity contribution is -0.274. The number of halogens is 3. The average Bonchev–Trinajstić information content (AvgIpc) is 2.87. The van der Waals surface area contributed by atoms with E-state index in [0.717, 1.165) is 24.4 Å². The third-order valence-corrected chi connectivity index (χ3v) is 3.06. The van der Waals surface area contributed by atoms with Crippen LogP contribution in [0.1, 0.15) is 24.7 Å². The standard InChI is InChI=1S/C14H18F3N5O/c1-3-8-22-13(18-19-20-22)10-21(2)9-11-4-6-12(7-5-11)23-14(15,16)17/h4-7H,3,8-10H2,1-2H3. The van der Waals surface area contributed by atoms with E-state index in [4.69, 9.17) is 0 Å². The Morgan fingerprint density at radius 3 is 2.48 bits per heavy atom. The van der Waals surface area contributed by atoms with Gasteiger partial charge in [-0.05, 0) is 41.6 Å². The summed E-state index contributed by atoms with van der Waals surface area (Å²) in [6.07, 6.45) is -3.74. The maximum Gasteiger partial charge on any atom is 0.573 e. The Bertz CT molecular complexity index is 612. The molecule has 0 spiro atoms. The Morgan fingerprint density at radius 2 is 1.87 bits per heavy atom. The van der Waals surface area contributed by atoms with E-state index < -0.39 is 6.36 Å². The molecule has 0 aliphatic heterocycles. The van der Waals surface area contributed by atoms with Gasteiger partial charge in [0.1, 0.15) is 5.75 Å². The summed E-state index contributed by atoms with van der Waals surface area (Å²) < 4.78 is 41.9. The highest BCUT2D eigenvalue weighted by atomic mass is 19.4. The van der Waals surface area contributed by atoms with Crippen molar-refractivity contribution in [2.45, 2.75) is 39.3 Å². The first kappa shape index (κ1) is 17.2. The van der Waals surface area contributed by atoms with Gasteiger partial charge in [0.2, 0.25) is 0 Å². The Balaban J connectivity index is 1.92. The molecule has 9 heteroatoms. The van der Waals surface area contributed by atoms with Gasteiger partial charge in [-0.25, -0.2) is 4.68 Å². The summed E-state index contributed by atoms with van der Waals surface area (Å²) in [6, 6.07) is 5.81. The first-order valence-electron chi connectivity index (χ1n) is 7.15. The largest absolute Gasteiger partial charge is 0.573 e. The Morgan fingerprint density at radius 1 is 1.17 bits per heavy atom. The van der Waals surface area contributed by atoms with E-state index in [9.17, 15) is 13.2 Å². The van der Waals surface area contributed by atoms with Crippen molar-refractivity contribution in [3.05, 3.63) is 35.7 Å². The molecule has 0 atom stereocenters. The second-order valence-electron chi connectivity index (χ2n) is 5.18. The van der Waals surface area contributed by atoms with Crippen molar-refractivity contribution in [1.29, 1.82) is 0 Å². The maximum atomic E-state index is 12.1. The SMILES string of the molecule is CCCn1nnnc1CN(C)Cc1ccc(OC(F)(F)F)cc1. The normalized spacial score (nSPS) is 11.9. The maximum absolute atomic E-state index is 12.1. The highest BCUT2D eigenvalue weighted by Crippen LogP contribution is 2.23. The van der Waals surface area contributed by atoms with Gasteiger partial charge in [-0.15, -0.1) is 18.3 Å². The predicted octanol–water partition coefficient (Wildman–Crippen LogP) is 2.61. The van der Waals surface area contributed by atoms with Gasteiger partial charge in [0, 0.05) is 13.1 Å². The minimum Gasteiger partial charge on any atom is -0.406 e. The smallest absolute Gasteiger partial charge is 0.406 e. The fourth-order valence-electron chi connectivity index (χ4n) is 2.13. The van der Waals surface area contributed by atoms with Crippen LogP contribution in [0.3, 0.4) is 0 Å². The molecule has 0 saturated heterocycles. The van der Waals surface area contributed by atoms with Crippen LogP contribution in [0, 0.1) is 0 Å². The number of benzene rings is 1. The fourth-order valence-corrected chi connectivity index (χ4v) is 2.13. The van der Waals surface area contributed by atoms with Gasteiger partial charge < -0.3 is 4.74 Å². The molecular weight excluding hydrogens is 311 g/mol. The molecule has 0 aliphatic rings. The zero-order chi connectivity index (χ0) is 16.9. The molecule has 0 N–H and O–H groups in total. The van der Waals surface area contributed by atoms with Crippen LogP contribution in [0.25, 0.3) is 0 Å². The topological polar surface area (TPSA) is 56.1 Å². The molecule has 126 valence electrons. The van der Waals surface area contributed by atoms with Gasteiger partial charge in [-0.3, -0.25) is 4.90 Å². The van der Waals surface area contributed by atoms with E-state index in [1.807, 2.05) is 18.9 Å². The molecular formula is C14H18F3N5O. The van der Waals surface area contributed by atoms with Gasteiger partial charge in [0.05, 0.1) is 6.54 Å². The van der Waals surface area contributed by atoms with Gasteiger partial charge in [0.15, 0.2) is 5.82 Å². The molecule has 1 aromatic heterocycles.